The highest BCUT2D eigenvalue weighted by Crippen LogP contribution is 2.31. The number of rotatable bonds is 5. The predicted molar refractivity (Wildman–Crippen MR) is 105 cm³/mol. The molecule has 148 valence electrons. The molecule has 0 saturated carbocycles. The lowest BCUT2D eigenvalue weighted by Gasteiger charge is -2.12. The van der Waals surface area contributed by atoms with Gasteiger partial charge in [-0.25, -0.2) is 18.7 Å². The summed E-state index contributed by atoms with van der Waals surface area (Å²) in [4.78, 5) is 12.4. The van der Waals surface area contributed by atoms with Gasteiger partial charge < -0.3 is 10.4 Å². The van der Waals surface area contributed by atoms with Gasteiger partial charge in [-0.15, -0.1) is 0 Å². The minimum atomic E-state index is -0.673. The SMILES string of the molecule is Cc1cc(Nc2c(F)cnc3cn(C[C@H](C)O)nc23)c(F)c(-c2ccccn2)n1. The largest absolute Gasteiger partial charge is 0.391 e. The van der Waals surface area contributed by atoms with E-state index in [4.69, 9.17) is 0 Å². The van der Waals surface area contributed by atoms with Gasteiger partial charge in [-0.2, -0.15) is 5.10 Å². The van der Waals surface area contributed by atoms with Crippen LogP contribution in [0.5, 0.6) is 0 Å². The number of pyridine rings is 3. The Morgan fingerprint density at radius 3 is 2.79 bits per heavy atom. The van der Waals surface area contributed by atoms with Crippen LogP contribution in [0.1, 0.15) is 12.6 Å². The molecule has 4 heterocycles. The Morgan fingerprint density at radius 2 is 2.07 bits per heavy atom. The number of nitrogens with zero attached hydrogens (tertiary/aromatic N) is 5. The lowest BCUT2D eigenvalue weighted by Crippen LogP contribution is -2.11. The maximum Gasteiger partial charge on any atom is 0.174 e. The standard InChI is InChI=1S/C20H18F2N6O/c1-11-7-15(17(22)19(25-11)14-5-3-4-6-23-14)26-18-13(21)8-24-16-10-28(9-12(2)29)27-20(16)18/h3-8,10,12,29H,9H2,1-2H3,(H,25,26)/t12-/m0/s1. The molecule has 1 atom stereocenters. The molecule has 29 heavy (non-hydrogen) atoms. The van der Waals surface area contributed by atoms with Crippen LogP contribution in [0.25, 0.3) is 22.4 Å². The monoisotopic (exact) mass is 396 g/mol. The summed E-state index contributed by atoms with van der Waals surface area (Å²) in [5, 5.41) is 16.7. The molecule has 0 saturated heterocycles. The number of aromatic nitrogens is 5. The maximum absolute atomic E-state index is 15.2. The number of anilines is 2. The van der Waals surface area contributed by atoms with Gasteiger partial charge in [-0.05, 0) is 32.0 Å². The first-order valence-electron chi connectivity index (χ1n) is 8.97. The van der Waals surface area contributed by atoms with E-state index in [0.29, 0.717) is 16.9 Å². The number of hydrogen-bond acceptors (Lipinski definition) is 6. The zero-order chi connectivity index (χ0) is 20.5. The van der Waals surface area contributed by atoms with Crippen molar-refractivity contribution < 1.29 is 13.9 Å². The Bertz CT molecular complexity index is 1180. The van der Waals surface area contributed by atoms with Gasteiger partial charge in [0, 0.05) is 11.9 Å². The second kappa shape index (κ2) is 7.51. The Hall–Kier alpha value is -3.46. The van der Waals surface area contributed by atoms with Crippen LogP contribution in [0.4, 0.5) is 20.2 Å². The summed E-state index contributed by atoms with van der Waals surface area (Å²) >= 11 is 0. The third kappa shape index (κ3) is 3.77. The van der Waals surface area contributed by atoms with Crippen LogP contribution in [0.3, 0.4) is 0 Å². The van der Waals surface area contributed by atoms with E-state index in [1.807, 2.05) is 0 Å². The fourth-order valence-electron chi connectivity index (χ4n) is 3.03. The van der Waals surface area contributed by atoms with Crippen molar-refractivity contribution in [2.45, 2.75) is 26.5 Å². The molecule has 0 radical (unpaired) electrons. The first-order chi connectivity index (χ1) is 13.9. The minimum Gasteiger partial charge on any atom is -0.391 e. The number of nitrogens with one attached hydrogen (secondary N) is 1. The normalized spacial score (nSPS) is 12.3. The first kappa shape index (κ1) is 18.9. The highest BCUT2D eigenvalue weighted by atomic mass is 19.1. The maximum atomic E-state index is 15.2. The molecule has 0 aromatic carbocycles. The van der Waals surface area contributed by atoms with Crippen LogP contribution < -0.4 is 5.32 Å². The summed E-state index contributed by atoms with van der Waals surface area (Å²) in [6.07, 6.45) is 3.56. The number of halogens is 2. The molecule has 4 rings (SSSR count). The topological polar surface area (TPSA) is 88.8 Å². The third-order valence-corrected chi connectivity index (χ3v) is 4.24. The van der Waals surface area contributed by atoms with E-state index < -0.39 is 17.7 Å². The zero-order valence-electron chi connectivity index (χ0n) is 15.8. The van der Waals surface area contributed by atoms with E-state index in [1.54, 1.807) is 44.4 Å². The van der Waals surface area contributed by atoms with E-state index in [9.17, 15) is 9.50 Å². The second-order valence-corrected chi connectivity index (χ2v) is 6.73. The van der Waals surface area contributed by atoms with Gasteiger partial charge in [-0.3, -0.25) is 9.67 Å². The molecule has 0 aliphatic rings. The molecule has 0 aliphatic heterocycles. The Kier molecular flexibility index (Phi) is 4.89. The predicted octanol–water partition coefficient (Wildman–Crippen LogP) is 3.60. The molecular weight excluding hydrogens is 378 g/mol. The highest BCUT2D eigenvalue weighted by molar-refractivity contribution is 5.89. The van der Waals surface area contributed by atoms with Gasteiger partial charge in [0.05, 0.1) is 36.4 Å². The molecule has 4 aromatic heterocycles. The number of aliphatic hydroxyl groups is 1. The number of aryl methyl sites for hydroxylation is 1. The van der Waals surface area contributed by atoms with Crippen LogP contribution >= 0.6 is 0 Å². The Labute approximate surface area is 165 Å². The minimum absolute atomic E-state index is 0.00388. The summed E-state index contributed by atoms with van der Waals surface area (Å²) in [6, 6.07) is 6.60. The van der Waals surface area contributed by atoms with Crippen molar-refractivity contribution in [3.63, 3.8) is 0 Å². The summed E-state index contributed by atoms with van der Waals surface area (Å²) in [6.45, 7) is 3.56. The van der Waals surface area contributed by atoms with Gasteiger partial charge in [0.1, 0.15) is 22.4 Å². The van der Waals surface area contributed by atoms with Gasteiger partial charge in [0.25, 0.3) is 0 Å². The fourth-order valence-corrected chi connectivity index (χ4v) is 3.03. The van der Waals surface area contributed by atoms with Crippen molar-refractivity contribution >= 4 is 22.4 Å². The Morgan fingerprint density at radius 1 is 1.24 bits per heavy atom. The van der Waals surface area contributed by atoms with E-state index >= 15 is 4.39 Å². The number of hydrogen-bond donors (Lipinski definition) is 2. The fraction of sp³-hybridized carbons (Fsp3) is 0.200. The molecule has 0 fully saturated rings. The van der Waals surface area contributed by atoms with Crippen molar-refractivity contribution in [3.05, 3.63) is 60.2 Å². The molecule has 0 aliphatic carbocycles. The van der Waals surface area contributed by atoms with E-state index in [2.05, 4.69) is 25.4 Å². The molecule has 2 N–H and O–H groups in total. The Balaban J connectivity index is 1.80. The lowest BCUT2D eigenvalue weighted by atomic mass is 10.2. The summed E-state index contributed by atoms with van der Waals surface area (Å²) in [7, 11) is 0. The highest BCUT2D eigenvalue weighted by Gasteiger charge is 2.19. The van der Waals surface area contributed by atoms with Gasteiger partial charge in [0.2, 0.25) is 0 Å². The average molecular weight is 396 g/mol. The summed E-state index contributed by atoms with van der Waals surface area (Å²) < 4.78 is 31.2. The quantitative estimate of drug-likeness (QED) is 0.536. The van der Waals surface area contributed by atoms with Crippen LogP contribution in [0.15, 0.2) is 42.9 Å². The van der Waals surface area contributed by atoms with Gasteiger partial charge >= 0.3 is 0 Å². The number of fused-ring (bicyclic) bond motifs is 1. The lowest BCUT2D eigenvalue weighted by molar-refractivity contribution is 0.169. The molecule has 0 amide bonds. The van der Waals surface area contributed by atoms with E-state index in [1.165, 1.54) is 10.7 Å². The molecule has 4 aromatic rings. The second-order valence-electron chi connectivity index (χ2n) is 6.73. The molecule has 7 nitrogen and oxygen atoms in total. The molecule has 0 unspecified atom stereocenters. The van der Waals surface area contributed by atoms with Crippen molar-refractivity contribution in [2.24, 2.45) is 0 Å². The van der Waals surface area contributed by atoms with Crippen molar-refractivity contribution in [3.8, 4) is 11.4 Å². The van der Waals surface area contributed by atoms with Gasteiger partial charge in [0.15, 0.2) is 11.6 Å². The van der Waals surface area contributed by atoms with E-state index in [-0.39, 0.29) is 29.1 Å². The van der Waals surface area contributed by atoms with Crippen LogP contribution in [-0.4, -0.2) is 35.9 Å². The van der Waals surface area contributed by atoms with Gasteiger partial charge in [-0.1, -0.05) is 6.07 Å². The van der Waals surface area contributed by atoms with Crippen LogP contribution in [-0.2, 0) is 6.54 Å². The van der Waals surface area contributed by atoms with Crippen LogP contribution in [0.2, 0.25) is 0 Å². The van der Waals surface area contributed by atoms with Crippen molar-refractivity contribution in [2.75, 3.05) is 5.32 Å². The molecule has 9 heteroatoms. The summed E-state index contributed by atoms with van der Waals surface area (Å²) in [5.74, 6) is -1.32. The van der Waals surface area contributed by atoms with Crippen LogP contribution in [0, 0.1) is 18.6 Å². The summed E-state index contributed by atoms with van der Waals surface area (Å²) in [5.41, 5.74) is 1.69. The molecule has 0 spiro atoms. The smallest absolute Gasteiger partial charge is 0.174 e. The van der Waals surface area contributed by atoms with Crippen molar-refractivity contribution in [1.29, 1.82) is 0 Å². The number of aliphatic hydroxyl groups excluding tert-OH is 1. The van der Waals surface area contributed by atoms with E-state index in [0.717, 1.165) is 6.20 Å². The zero-order valence-corrected chi connectivity index (χ0v) is 15.8. The van der Waals surface area contributed by atoms with Crippen molar-refractivity contribution in [1.82, 2.24) is 24.7 Å². The first-order valence-corrected chi connectivity index (χ1v) is 8.97. The molecule has 0 bridgehead atoms. The third-order valence-electron chi connectivity index (χ3n) is 4.24. The molecular formula is C20H18F2N6O. The average Bonchev–Trinajstić information content (AvgIpc) is 3.09.